The van der Waals surface area contributed by atoms with E-state index in [2.05, 4.69) is 22.2 Å². The molecule has 0 spiro atoms. The van der Waals surface area contributed by atoms with Gasteiger partial charge in [-0.2, -0.15) is 0 Å². The molecule has 6 heteroatoms. The molecule has 5 nitrogen and oxygen atoms in total. The fourth-order valence-corrected chi connectivity index (χ4v) is 2.51. The summed E-state index contributed by atoms with van der Waals surface area (Å²) in [6.45, 7) is 2.59. The maximum Gasteiger partial charge on any atom is 0.276 e. The number of ether oxygens (including phenoxy) is 1. The lowest BCUT2D eigenvalue weighted by Crippen LogP contribution is -2.48. The summed E-state index contributed by atoms with van der Waals surface area (Å²) >= 11 is 4.94. The second-order valence-corrected chi connectivity index (χ2v) is 5.37. The van der Waals surface area contributed by atoms with Crippen LogP contribution < -0.4 is 20.9 Å². The van der Waals surface area contributed by atoms with Gasteiger partial charge in [-0.3, -0.25) is 15.6 Å². The first kappa shape index (κ1) is 15.6. The van der Waals surface area contributed by atoms with Crippen LogP contribution in [0.25, 0.3) is 0 Å². The first-order valence-electron chi connectivity index (χ1n) is 7.26. The minimum atomic E-state index is -0.270. The van der Waals surface area contributed by atoms with E-state index in [0.717, 1.165) is 18.6 Å². The van der Waals surface area contributed by atoms with Crippen LogP contribution in [0, 0.1) is 0 Å². The molecule has 0 bridgehead atoms. The molecule has 0 fully saturated rings. The van der Waals surface area contributed by atoms with Gasteiger partial charge in [-0.15, -0.1) is 0 Å². The van der Waals surface area contributed by atoms with Crippen molar-refractivity contribution in [2.24, 2.45) is 0 Å². The number of aryl methyl sites for hydroxylation is 2. The normalized spacial score (nSPS) is 13.0. The Morgan fingerprint density at radius 2 is 2.00 bits per heavy atom. The number of thiocarbonyl (C=S) groups is 1. The van der Waals surface area contributed by atoms with Crippen LogP contribution in [0.15, 0.2) is 18.2 Å². The molecule has 0 atom stereocenters. The van der Waals surface area contributed by atoms with Gasteiger partial charge in [0.15, 0.2) is 11.7 Å². The fourth-order valence-electron chi connectivity index (χ4n) is 2.32. The maximum absolute atomic E-state index is 11.6. The number of rotatable bonds is 4. The van der Waals surface area contributed by atoms with Gasteiger partial charge in [-0.05, 0) is 68.1 Å². The van der Waals surface area contributed by atoms with Crippen molar-refractivity contribution in [1.29, 1.82) is 0 Å². The molecule has 1 amide bonds. The zero-order valence-electron chi connectivity index (χ0n) is 12.2. The Morgan fingerprint density at radius 1 is 1.24 bits per heavy atom. The summed E-state index contributed by atoms with van der Waals surface area (Å²) in [5, 5.41) is 3.26. The zero-order valence-corrected chi connectivity index (χ0v) is 13.0. The highest BCUT2D eigenvalue weighted by Crippen LogP contribution is 2.25. The molecule has 1 aromatic rings. The molecular formula is C15H21N3O2S. The summed E-state index contributed by atoms with van der Waals surface area (Å²) in [6, 6.07) is 6.06. The van der Waals surface area contributed by atoms with Crippen LogP contribution in [0.5, 0.6) is 5.75 Å². The van der Waals surface area contributed by atoms with E-state index >= 15 is 0 Å². The number of hydrogen-bond donors (Lipinski definition) is 3. The van der Waals surface area contributed by atoms with Gasteiger partial charge in [0.05, 0.1) is 0 Å². The number of benzene rings is 1. The molecule has 1 aromatic carbocycles. The number of hydrazine groups is 1. The van der Waals surface area contributed by atoms with Crippen molar-refractivity contribution in [2.75, 3.05) is 13.2 Å². The summed E-state index contributed by atoms with van der Waals surface area (Å²) in [7, 11) is 0. The monoisotopic (exact) mass is 307 g/mol. The van der Waals surface area contributed by atoms with Gasteiger partial charge in [0.25, 0.3) is 5.91 Å². The lowest BCUT2D eigenvalue weighted by atomic mass is 9.92. The Bertz CT molecular complexity index is 520. The highest BCUT2D eigenvalue weighted by molar-refractivity contribution is 7.80. The van der Waals surface area contributed by atoms with Gasteiger partial charge in [-0.1, -0.05) is 6.07 Å². The molecule has 3 N–H and O–H groups in total. The van der Waals surface area contributed by atoms with Crippen LogP contribution in [0.2, 0.25) is 0 Å². The number of carbonyl (C=O) groups is 1. The average molecular weight is 307 g/mol. The van der Waals surface area contributed by atoms with Crippen molar-refractivity contribution in [3.63, 3.8) is 0 Å². The minimum absolute atomic E-state index is 0.0411. The van der Waals surface area contributed by atoms with Crippen molar-refractivity contribution in [2.45, 2.75) is 32.6 Å². The Kier molecular flexibility index (Phi) is 5.80. The average Bonchev–Trinajstić information content (AvgIpc) is 2.51. The third kappa shape index (κ3) is 4.90. The van der Waals surface area contributed by atoms with E-state index in [9.17, 15) is 4.79 Å². The quantitative estimate of drug-likeness (QED) is 0.581. The van der Waals surface area contributed by atoms with Crippen LogP contribution >= 0.6 is 12.2 Å². The third-order valence-electron chi connectivity index (χ3n) is 3.34. The van der Waals surface area contributed by atoms with Gasteiger partial charge in [-0.25, -0.2) is 0 Å². The van der Waals surface area contributed by atoms with Crippen molar-refractivity contribution in [3.05, 3.63) is 29.3 Å². The molecule has 1 aliphatic rings. The van der Waals surface area contributed by atoms with Crippen LogP contribution in [-0.4, -0.2) is 24.2 Å². The maximum atomic E-state index is 11.6. The summed E-state index contributed by atoms with van der Waals surface area (Å²) in [4.78, 5) is 11.6. The number of carbonyl (C=O) groups excluding carboxylic acids is 1. The van der Waals surface area contributed by atoms with Crippen molar-refractivity contribution < 1.29 is 9.53 Å². The van der Waals surface area contributed by atoms with Crippen LogP contribution in [0.4, 0.5) is 0 Å². The number of hydrogen-bond acceptors (Lipinski definition) is 3. The predicted molar refractivity (Wildman–Crippen MR) is 86.1 cm³/mol. The first-order valence-corrected chi connectivity index (χ1v) is 7.67. The number of amides is 1. The van der Waals surface area contributed by atoms with E-state index in [1.54, 1.807) is 0 Å². The van der Waals surface area contributed by atoms with Gasteiger partial charge >= 0.3 is 0 Å². The van der Waals surface area contributed by atoms with E-state index in [0.29, 0.717) is 11.7 Å². The summed E-state index contributed by atoms with van der Waals surface area (Å²) in [5.74, 6) is 0.466. The third-order valence-corrected chi connectivity index (χ3v) is 3.59. The minimum Gasteiger partial charge on any atom is -0.484 e. The molecule has 1 aliphatic carbocycles. The number of fused-ring (bicyclic) bond motifs is 1. The summed E-state index contributed by atoms with van der Waals surface area (Å²) < 4.78 is 5.51. The number of nitrogens with one attached hydrogen (secondary N) is 3. The highest BCUT2D eigenvalue weighted by atomic mass is 32.1. The van der Waals surface area contributed by atoms with Crippen LogP contribution in [-0.2, 0) is 17.6 Å². The second-order valence-electron chi connectivity index (χ2n) is 4.96. The van der Waals surface area contributed by atoms with Gasteiger partial charge in [0, 0.05) is 6.54 Å². The molecule has 0 unspecified atom stereocenters. The van der Waals surface area contributed by atoms with Crippen molar-refractivity contribution in [1.82, 2.24) is 16.2 Å². The van der Waals surface area contributed by atoms with Crippen LogP contribution in [0.1, 0.15) is 30.9 Å². The Balaban J connectivity index is 1.77. The van der Waals surface area contributed by atoms with E-state index in [1.165, 1.54) is 24.0 Å². The standard InChI is InChI=1S/C15H21N3O2S/c1-2-16-15(21)18-17-14(19)10-20-13-8-7-11-5-3-4-6-12(11)9-13/h7-9H,2-6,10H2,1H3,(H,17,19)(H2,16,18,21). The molecule has 0 radical (unpaired) electrons. The van der Waals surface area contributed by atoms with E-state index in [4.69, 9.17) is 17.0 Å². The smallest absolute Gasteiger partial charge is 0.276 e. The summed E-state index contributed by atoms with van der Waals surface area (Å²) in [5.41, 5.74) is 7.83. The molecule has 0 saturated carbocycles. The van der Waals surface area contributed by atoms with Gasteiger partial charge < -0.3 is 10.1 Å². The molecule has 0 aliphatic heterocycles. The molecule has 21 heavy (non-hydrogen) atoms. The second kappa shape index (κ2) is 7.83. The molecule has 114 valence electrons. The fraction of sp³-hybridized carbons (Fsp3) is 0.467. The topological polar surface area (TPSA) is 62.4 Å². The van der Waals surface area contributed by atoms with E-state index in [1.807, 2.05) is 19.1 Å². The molecule has 0 heterocycles. The van der Waals surface area contributed by atoms with E-state index < -0.39 is 0 Å². The van der Waals surface area contributed by atoms with Crippen molar-refractivity contribution >= 4 is 23.2 Å². The summed E-state index contributed by atoms with van der Waals surface area (Å²) in [6.07, 6.45) is 4.72. The molecule has 2 rings (SSSR count). The van der Waals surface area contributed by atoms with Crippen LogP contribution in [0.3, 0.4) is 0 Å². The Labute approximate surface area is 130 Å². The van der Waals surface area contributed by atoms with Gasteiger partial charge in [0.2, 0.25) is 0 Å². The molecule has 0 aromatic heterocycles. The Hall–Kier alpha value is -1.82. The lowest BCUT2D eigenvalue weighted by Gasteiger charge is -2.17. The SMILES string of the molecule is CCNC(=S)NNC(=O)COc1ccc2c(c1)CCCC2. The Morgan fingerprint density at radius 3 is 2.76 bits per heavy atom. The molecular weight excluding hydrogens is 286 g/mol. The lowest BCUT2D eigenvalue weighted by molar-refractivity contribution is -0.123. The molecule has 0 saturated heterocycles. The largest absolute Gasteiger partial charge is 0.484 e. The van der Waals surface area contributed by atoms with Gasteiger partial charge in [0.1, 0.15) is 5.75 Å². The van der Waals surface area contributed by atoms with Crippen molar-refractivity contribution in [3.8, 4) is 5.75 Å². The first-order chi connectivity index (χ1) is 10.2. The highest BCUT2D eigenvalue weighted by Gasteiger charge is 2.10. The predicted octanol–water partition coefficient (Wildman–Crippen LogP) is 1.46. The van der Waals surface area contributed by atoms with E-state index in [-0.39, 0.29) is 12.5 Å². The zero-order chi connectivity index (χ0) is 15.1.